The zero-order valence-corrected chi connectivity index (χ0v) is 34.2. The Labute approximate surface area is 360 Å². The summed E-state index contributed by atoms with van der Waals surface area (Å²) in [6, 6.07) is 87.2. The topological polar surface area (TPSA) is 3.24 Å². The second-order valence-corrected chi connectivity index (χ2v) is 17.1. The summed E-state index contributed by atoms with van der Waals surface area (Å²) in [5.41, 5.74) is 15.4. The summed E-state index contributed by atoms with van der Waals surface area (Å²) in [6.07, 6.45) is 0. The number of benzene rings is 10. The predicted molar refractivity (Wildman–Crippen MR) is 260 cm³/mol. The molecule has 61 heavy (non-hydrogen) atoms. The Balaban J connectivity index is 1.11. The van der Waals surface area contributed by atoms with Crippen molar-refractivity contribution in [2.24, 2.45) is 0 Å². The molecule has 10 aromatic carbocycles. The van der Waals surface area contributed by atoms with Crippen molar-refractivity contribution >= 4 is 59.3 Å². The van der Waals surface area contributed by atoms with Crippen molar-refractivity contribution < 1.29 is 0 Å². The lowest BCUT2D eigenvalue weighted by atomic mass is 9.67. The molecule has 0 fully saturated rings. The van der Waals surface area contributed by atoms with Crippen LogP contribution >= 0.6 is 11.3 Å². The highest BCUT2D eigenvalue weighted by molar-refractivity contribution is 7.26. The molecule has 11 aromatic rings. The minimum absolute atomic E-state index is 0.505. The lowest BCUT2D eigenvalue weighted by Gasteiger charge is -2.35. The van der Waals surface area contributed by atoms with Gasteiger partial charge in [0.15, 0.2) is 0 Å². The van der Waals surface area contributed by atoms with Gasteiger partial charge in [0.1, 0.15) is 0 Å². The lowest BCUT2D eigenvalue weighted by Crippen LogP contribution is -2.28. The quantitative estimate of drug-likeness (QED) is 0.155. The molecule has 1 heterocycles. The van der Waals surface area contributed by atoms with Gasteiger partial charge in [-0.05, 0) is 103 Å². The summed E-state index contributed by atoms with van der Waals surface area (Å²) >= 11 is 1.90. The van der Waals surface area contributed by atoms with Gasteiger partial charge in [-0.2, -0.15) is 0 Å². The Kier molecular flexibility index (Phi) is 8.33. The maximum atomic E-state index is 2.47. The van der Waals surface area contributed by atoms with Crippen LogP contribution in [0.3, 0.4) is 0 Å². The molecule has 286 valence electrons. The van der Waals surface area contributed by atoms with E-state index in [1.165, 1.54) is 86.6 Å². The number of nitrogens with zero attached hydrogens (tertiary/aromatic N) is 1. The summed E-state index contributed by atoms with van der Waals surface area (Å²) in [5.74, 6) is 0. The minimum Gasteiger partial charge on any atom is -0.310 e. The number of hydrogen-bond acceptors (Lipinski definition) is 2. The van der Waals surface area contributed by atoms with E-state index in [0.717, 1.165) is 17.1 Å². The highest BCUT2D eigenvalue weighted by atomic mass is 32.1. The van der Waals surface area contributed by atoms with E-state index in [-0.39, 0.29) is 0 Å². The van der Waals surface area contributed by atoms with Gasteiger partial charge in [-0.1, -0.05) is 194 Å². The van der Waals surface area contributed by atoms with Gasteiger partial charge in [-0.3, -0.25) is 0 Å². The first-order valence-corrected chi connectivity index (χ1v) is 21.8. The fraction of sp³-hybridized carbons (Fsp3) is 0.0169. The molecule has 0 saturated heterocycles. The van der Waals surface area contributed by atoms with Crippen LogP contribution in [0, 0.1) is 0 Å². The zero-order chi connectivity index (χ0) is 40.3. The van der Waals surface area contributed by atoms with Gasteiger partial charge in [0, 0.05) is 42.6 Å². The van der Waals surface area contributed by atoms with E-state index in [1.54, 1.807) is 0 Å². The maximum Gasteiger partial charge on any atom is 0.0714 e. The molecule has 0 amide bonds. The third kappa shape index (κ3) is 5.60. The van der Waals surface area contributed by atoms with E-state index < -0.39 is 5.41 Å². The van der Waals surface area contributed by atoms with Gasteiger partial charge in [-0.15, -0.1) is 11.3 Å². The van der Waals surface area contributed by atoms with E-state index in [0.29, 0.717) is 0 Å². The van der Waals surface area contributed by atoms with Gasteiger partial charge in [0.05, 0.1) is 5.41 Å². The van der Waals surface area contributed by atoms with Gasteiger partial charge in [0.25, 0.3) is 0 Å². The van der Waals surface area contributed by atoms with E-state index in [2.05, 4.69) is 241 Å². The molecular formula is C59H39NS. The van der Waals surface area contributed by atoms with Crippen molar-refractivity contribution in [2.75, 3.05) is 4.90 Å². The highest BCUT2D eigenvalue weighted by Gasteiger charge is 2.46. The summed E-state index contributed by atoms with van der Waals surface area (Å²) in [6.45, 7) is 0. The average molecular weight is 794 g/mol. The summed E-state index contributed by atoms with van der Waals surface area (Å²) in [5, 5.41) is 5.16. The molecular weight excluding hydrogens is 755 g/mol. The van der Waals surface area contributed by atoms with Gasteiger partial charge in [-0.25, -0.2) is 0 Å². The van der Waals surface area contributed by atoms with Crippen LogP contribution in [0.5, 0.6) is 0 Å². The third-order valence-electron chi connectivity index (χ3n) is 12.7. The third-order valence-corrected chi connectivity index (χ3v) is 13.9. The molecule has 0 saturated carbocycles. The molecule has 0 spiro atoms. The Morgan fingerprint density at radius 2 is 0.869 bits per heavy atom. The van der Waals surface area contributed by atoms with Gasteiger partial charge < -0.3 is 4.90 Å². The molecule has 1 aromatic heterocycles. The van der Waals surface area contributed by atoms with E-state index in [4.69, 9.17) is 0 Å². The molecule has 2 heteroatoms. The van der Waals surface area contributed by atoms with Crippen molar-refractivity contribution in [3.63, 3.8) is 0 Å². The van der Waals surface area contributed by atoms with Gasteiger partial charge >= 0.3 is 0 Å². The molecule has 0 N–H and O–H groups in total. The number of thiophene rings is 1. The van der Waals surface area contributed by atoms with Crippen LogP contribution in [-0.4, -0.2) is 0 Å². The van der Waals surface area contributed by atoms with Crippen LogP contribution in [0.15, 0.2) is 237 Å². The monoisotopic (exact) mass is 793 g/mol. The summed E-state index contributed by atoms with van der Waals surface area (Å²) in [4.78, 5) is 2.47. The van der Waals surface area contributed by atoms with Crippen LogP contribution in [0.4, 0.5) is 17.1 Å². The molecule has 0 unspecified atom stereocenters. The standard InChI is InChI=1S/C59H39NS/c1-5-18-40(19-6-1)42-22-17-27-45(36-42)60(47-33-35-51-54-39-53(41-20-7-2-8-21-41)48-28-13-14-30-52(48)58(54)61-57(51)38-47)46-32-34-50-49-29-15-16-31-55(49)59(56(50)37-46,43-23-9-3-10-24-43)44-25-11-4-12-26-44/h1-39H. The van der Waals surface area contributed by atoms with Crippen LogP contribution in [-0.2, 0) is 5.41 Å². The van der Waals surface area contributed by atoms with Crippen molar-refractivity contribution in [2.45, 2.75) is 5.41 Å². The van der Waals surface area contributed by atoms with Gasteiger partial charge in [0.2, 0.25) is 0 Å². The first-order valence-electron chi connectivity index (χ1n) is 21.0. The molecule has 0 bridgehead atoms. The fourth-order valence-corrected chi connectivity index (χ4v) is 11.3. The van der Waals surface area contributed by atoms with Crippen LogP contribution in [0.1, 0.15) is 22.3 Å². The Morgan fingerprint density at radius 1 is 0.311 bits per heavy atom. The smallest absolute Gasteiger partial charge is 0.0714 e. The van der Waals surface area contributed by atoms with Crippen LogP contribution in [0.25, 0.3) is 64.3 Å². The minimum atomic E-state index is -0.505. The fourth-order valence-electron chi connectivity index (χ4n) is 10.1. The average Bonchev–Trinajstić information content (AvgIpc) is 3.86. The van der Waals surface area contributed by atoms with Crippen LogP contribution in [0.2, 0.25) is 0 Å². The van der Waals surface area contributed by atoms with Crippen molar-refractivity contribution in [3.05, 3.63) is 259 Å². The molecule has 0 aliphatic heterocycles. The van der Waals surface area contributed by atoms with E-state index in [9.17, 15) is 0 Å². The normalized spacial score (nSPS) is 12.7. The molecule has 0 atom stereocenters. The molecule has 1 aliphatic rings. The zero-order valence-electron chi connectivity index (χ0n) is 33.4. The molecule has 1 nitrogen and oxygen atoms in total. The second kappa shape index (κ2) is 14.3. The number of fused-ring (bicyclic) bond motifs is 8. The SMILES string of the molecule is c1ccc(-c2cccc(N(c3ccc4c(c3)C(c3ccccc3)(c3ccccc3)c3ccccc3-4)c3ccc4c(c3)sc3c5ccccc5c(-c5ccccc5)cc43)c2)cc1. The van der Waals surface area contributed by atoms with Crippen molar-refractivity contribution in [3.8, 4) is 33.4 Å². The Bertz CT molecular complexity index is 3370. The molecule has 1 aliphatic carbocycles. The largest absolute Gasteiger partial charge is 0.310 e. The first-order chi connectivity index (χ1) is 30.3. The molecule has 0 radical (unpaired) electrons. The Hall–Kier alpha value is -7.52. The second-order valence-electron chi connectivity index (χ2n) is 16.0. The number of hydrogen-bond donors (Lipinski definition) is 0. The highest BCUT2D eigenvalue weighted by Crippen LogP contribution is 2.57. The van der Waals surface area contributed by atoms with Crippen LogP contribution < -0.4 is 4.90 Å². The maximum absolute atomic E-state index is 2.47. The van der Waals surface area contributed by atoms with E-state index >= 15 is 0 Å². The Morgan fingerprint density at radius 3 is 1.61 bits per heavy atom. The predicted octanol–water partition coefficient (Wildman–Crippen LogP) is 16.4. The summed E-state index contributed by atoms with van der Waals surface area (Å²) in [7, 11) is 0. The number of rotatable bonds is 7. The van der Waals surface area contributed by atoms with Crippen molar-refractivity contribution in [1.82, 2.24) is 0 Å². The van der Waals surface area contributed by atoms with E-state index in [1.807, 2.05) is 11.3 Å². The lowest BCUT2D eigenvalue weighted by molar-refractivity contribution is 0.768. The van der Waals surface area contributed by atoms with Crippen molar-refractivity contribution in [1.29, 1.82) is 0 Å². The summed E-state index contributed by atoms with van der Waals surface area (Å²) < 4.78 is 2.59. The first kappa shape index (κ1) is 35.4. The number of anilines is 3. The molecule has 12 rings (SSSR count).